The smallest absolute Gasteiger partial charge is 0.416 e. The van der Waals surface area contributed by atoms with Gasteiger partial charge in [0.2, 0.25) is 5.91 Å². The number of aromatic amines is 1. The summed E-state index contributed by atoms with van der Waals surface area (Å²) in [6.45, 7) is 9.48. The van der Waals surface area contributed by atoms with Crippen molar-refractivity contribution in [1.82, 2.24) is 15.2 Å². The maximum atomic E-state index is 14.9. The normalized spacial score (nSPS) is 30.9. The van der Waals surface area contributed by atoms with Gasteiger partial charge in [-0.05, 0) is 98.7 Å². The van der Waals surface area contributed by atoms with Gasteiger partial charge < -0.3 is 25.3 Å². The first-order valence-electron chi connectivity index (χ1n) is 19.6. The molecule has 0 spiro atoms. The number of allylic oxidation sites excluding steroid dienone is 2. The quantitative estimate of drug-likeness (QED) is 0.172. The van der Waals surface area contributed by atoms with Crippen molar-refractivity contribution in [2.75, 3.05) is 7.11 Å². The third kappa shape index (κ3) is 6.82. The largest absolute Gasteiger partial charge is 0.469 e. The molecule has 1 fully saturated rings. The number of aromatic nitrogens is 1. The molecular weight excluding hydrogens is 796 g/mol. The van der Waals surface area contributed by atoms with E-state index in [0.29, 0.717) is 45.4 Å². The number of ether oxygens (including phenoxy) is 1. The molecule has 5 aliphatic rings. The number of H-pyrrole nitrogens is 1. The van der Waals surface area contributed by atoms with E-state index in [1.807, 2.05) is 20.8 Å². The number of piperidine rings is 1. The maximum absolute atomic E-state index is 14.9. The number of likely N-dealkylation sites (tertiary alicyclic amines) is 1. The van der Waals surface area contributed by atoms with Crippen LogP contribution in [-0.4, -0.2) is 73.7 Å². The maximum Gasteiger partial charge on any atom is 0.416 e. The number of amides is 2. The molecule has 6 heterocycles. The minimum Gasteiger partial charge on any atom is -0.469 e. The average molecular weight is 842 g/mol. The van der Waals surface area contributed by atoms with E-state index in [1.165, 1.54) is 20.1 Å². The zero-order valence-corrected chi connectivity index (χ0v) is 33.9. The molecule has 2 amide bonds. The van der Waals surface area contributed by atoms with Gasteiger partial charge in [0.1, 0.15) is 11.2 Å². The second-order valence-corrected chi connectivity index (χ2v) is 16.2. The molecule has 5 aliphatic heterocycles. The number of rotatable bonds is 7. The number of carbonyl (C=O) groups excluding carboxylic acids is 3. The molecule has 1 saturated heterocycles. The van der Waals surface area contributed by atoms with Crippen LogP contribution in [0.2, 0.25) is 0 Å². The molecule has 4 N–H and O–H groups in total. The van der Waals surface area contributed by atoms with E-state index in [0.717, 1.165) is 11.1 Å². The lowest BCUT2D eigenvalue weighted by Gasteiger charge is -2.37. The molecule has 0 aliphatic carbocycles. The van der Waals surface area contributed by atoms with Crippen LogP contribution >= 0.6 is 0 Å². The molecule has 0 radical (unpaired) electrons. The fourth-order valence-corrected chi connectivity index (χ4v) is 9.18. The topological polar surface area (TPSA) is 157 Å². The Bertz CT molecular complexity index is 2470. The third-order valence-electron chi connectivity index (χ3n) is 12.8. The number of hydrogen-bond acceptors (Lipinski definition) is 9. The number of aliphatic imine (C=N–C) groups is 2. The Morgan fingerprint density at radius 1 is 0.967 bits per heavy atom. The van der Waals surface area contributed by atoms with Crippen LogP contribution in [0.25, 0.3) is 12.2 Å². The SMILES string of the molecule is CCc1c(C)/c2[nH]/c1=C\C1=NC(=C\C3=C(C)C4C(=O)N(Cc5cc(C(F)(F)F)cc(C(F)(F)F)c5)C(=O)/C(=C5N=C(\C=2)[C@@H](C)[C@@H]/5CCC(=O)OC)C4N3)/C(O)(CC)C1(C)O. The van der Waals surface area contributed by atoms with Crippen LogP contribution in [0, 0.1) is 24.7 Å². The molecule has 0 saturated carbocycles. The van der Waals surface area contributed by atoms with Gasteiger partial charge in [0.25, 0.3) is 5.91 Å². The monoisotopic (exact) mass is 841 g/mol. The van der Waals surface area contributed by atoms with E-state index < -0.39 is 88.4 Å². The number of carbonyl (C=O) groups is 3. The molecule has 4 unspecified atom stereocenters. The number of esters is 1. The fourth-order valence-electron chi connectivity index (χ4n) is 9.18. The van der Waals surface area contributed by atoms with Gasteiger partial charge in [0.05, 0.1) is 59.4 Å². The highest BCUT2D eigenvalue weighted by Gasteiger charge is 2.56. The number of alkyl halides is 6. The minimum absolute atomic E-state index is 0.00361. The summed E-state index contributed by atoms with van der Waals surface area (Å²) < 4.78 is 88.7. The highest BCUT2D eigenvalue weighted by molar-refractivity contribution is 6.18. The van der Waals surface area contributed by atoms with Crippen LogP contribution in [-0.2, 0) is 44.4 Å². The Labute approximate surface area is 341 Å². The molecule has 8 bridgehead atoms. The van der Waals surface area contributed by atoms with Gasteiger partial charge in [-0.15, -0.1) is 0 Å². The van der Waals surface area contributed by atoms with E-state index in [-0.39, 0.29) is 53.7 Å². The molecule has 7 rings (SSSR count). The summed E-state index contributed by atoms with van der Waals surface area (Å²) in [5, 5.41) is 28.6. The molecule has 17 heteroatoms. The summed E-state index contributed by atoms with van der Waals surface area (Å²) in [4.78, 5) is 55.8. The summed E-state index contributed by atoms with van der Waals surface area (Å²) in [6.07, 6.45) is -4.77. The first kappa shape index (κ1) is 42.8. The predicted molar refractivity (Wildman–Crippen MR) is 208 cm³/mol. The van der Waals surface area contributed by atoms with E-state index in [2.05, 4.69) is 10.3 Å². The van der Waals surface area contributed by atoms with Crippen molar-refractivity contribution >= 4 is 41.4 Å². The Morgan fingerprint density at radius 3 is 2.20 bits per heavy atom. The standard InChI is InChI=1S/C43H45F6N5O6/c1-8-25-19(3)27-15-28-20(4)26(10-11-33(55)60-7)36(51-28)35-37-34(21(5)29(52-37)16-32-41(59,9-2)40(6,58)31(53-32)17-30(25)50-27)38(56)54(39(35)57)18-22-12-23(42(44,45)46)14-24(13-22)43(47,48)49/h12-17,20,26,34,37,50,52,58-59H,8-11,18H2,1-7H3/b27-15-,30-17-,32-16-,36-35+/t20-,26-,34?,37?,40?,41?/m0/s1. The molecule has 11 nitrogen and oxygen atoms in total. The van der Waals surface area contributed by atoms with Gasteiger partial charge in [0.15, 0.2) is 0 Å². The zero-order valence-electron chi connectivity index (χ0n) is 33.9. The summed E-state index contributed by atoms with van der Waals surface area (Å²) >= 11 is 0. The van der Waals surface area contributed by atoms with Crippen molar-refractivity contribution in [2.45, 2.75) is 103 Å². The van der Waals surface area contributed by atoms with Gasteiger partial charge in [-0.1, -0.05) is 20.8 Å². The van der Waals surface area contributed by atoms with Crippen LogP contribution in [0.1, 0.15) is 81.7 Å². The van der Waals surface area contributed by atoms with Crippen LogP contribution < -0.4 is 16.0 Å². The number of hydrogen-bond donors (Lipinski definition) is 4. The molecule has 1 aromatic heterocycles. The molecule has 2 aromatic rings. The number of benzene rings is 1. The van der Waals surface area contributed by atoms with Crippen LogP contribution in [0.15, 0.2) is 62.5 Å². The first-order chi connectivity index (χ1) is 28.0. The van der Waals surface area contributed by atoms with Crippen molar-refractivity contribution in [1.29, 1.82) is 0 Å². The summed E-state index contributed by atoms with van der Waals surface area (Å²) in [7, 11) is 1.23. The Hall–Kier alpha value is -5.29. The van der Waals surface area contributed by atoms with Crippen molar-refractivity contribution < 1.29 is 55.7 Å². The predicted octanol–water partition coefficient (Wildman–Crippen LogP) is 5.07. The highest BCUT2D eigenvalue weighted by atomic mass is 19.4. The number of halogens is 6. The summed E-state index contributed by atoms with van der Waals surface area (Å²) in [6, 6.07) is -0.217. The van der Waals surface area contributed by atoms with Crippen LogP contribution in [0.4, 0.5) is 26.3 Å². The number of nitrogens with one attached hydrogen (secondary N) is 2. The van der Waals surface area contributed by atoms with Gasteiger partial charge >= 0.3 is 18.3 Å². The lowest BCUT2D eigenvalue weighted by Crippen LogP contribution is -2.55. The van der Waals surface area contributed by atoms with Gasteiger partial charge in [-0.2, -0.15) is 26.3 Å². The van der Waals surface area contributed by atoms with E-state index in [9.17, 15) is 50.9 Å². The van der Waals surface area contributed by atoms with Gasteiger partial charge in [0, 0.05) is 40.4 Å². The Balaban J connectivity index is 1.52. The zero-order chi connectivity index (χ0) is 44.0. The molecular formula is C43H45F6N5O6. The number of imide groups is 1. The van der Waals surface area contributed by atoms with Crippen molar-refractivity contribution in [3.8, 4) is 0 Å². The van der Waals surface area contributed by atoms with Crippen LogP contribution in [0.5, 0.6) is 0 Å². The number of nitrogens with zero attached hydrogens (tertiary/aromatic N) is 3. The summed E-state index contributed by atoms with van der Waals surface area (Å²) in [5.74, 6) is -4.73. The lowest BCUT2D eigenvalue weighted by atomic mass is 9.78. The lowest BCUT2D eigenvalue weighted by molar-refractivity contribution is -0.148. The fraction of sp³-hybridized carbons (Fsp3) is 0.465. The summed E-state index contributed by atoms with van der Waals surface area (Å²) in [5.41, 5.74) is -4.51. The molecule has 320 valence electrons. The van der Waals surface area contributed by atoms with Crippen molar-refractivity contribution in [3.63, 3.8) is 0 Å². The molecule has 6 atom stereocenters. The van der Waals surface area contributed by atoms with E-state index in [1.54, 1.807) is 26.0 Å². The van der Waals surface area contributed by atoms with Crippen LogP contribution in [0.3, 0.4) is 0 Å². The first-order valence-corrected chi connectivity index (χ1v) is 19.6. The number of fused-ring (bicyclic) bond motifs is 5. The minimum atomic E-state index is -5.18. The van der Waals surface area contributed by atoms with E-state index >= 15 is 0 Å². The van der Waals surface area contributed by atoms with Crippen molar-refractivity contribution in [2.24, 2.45) is 27.7 Å². The molecule has 60 heavy (non-hydrogen) atoms. The highest BCUT2D eigenvalue weighted by Crippen LogP contribution is 2.47. The average Bonchev–Trinajstić information content (AvgIpc) is 3.82. The Kier molecular flexibility index (Phi) is 10.5. The van der Waals surface area contributed by atoms with E-state index in [4.69, 9.17) is 14.7 Å². The second kappa shape index (κ2) is 14.7. The third-order valence-corrected chi connectivity index (χ3v) is 12.8. The Morgan fingerprint density at radius 2 is 1.62 bits per heavy atom. The van der Waals surface area contributed by atoms with Gasteiger partial charge in [-0.3, -0.25) is 29.3 Å². The molecule has 1 aromatic carbocycles. The second-order valence-electron chi connectivity index (χ2n) is 16.2. The van der Waals surface area contributed by atoms with Crippen molar-refractivity contribution in [3.05, 3.63) is 91.0 Å². The number of methoxy groups -OCH3 is 1. The van der Waals surface area contributed by atoms with Gasteiger partial charge in [-0.25, -0.2) is 0 Å². The number of aliphatic hydroxyl groups is 2.